The highest BCUT2D eigenvalue weighted by molar-refractivity contribution is 6.17. The topological polar surface area (TPSA) is 21.1 Å². The molecular weight excluding hydrogens is 289 g/mol. The van der Waals surface area contributed by atoms with Gasteiger partial charge >= 0.3 is 0 Å². The molecule has 0 radical (unpaired) electrons. The summed E-state index contributed by atoms with van der Waals surface area (Å²) in [6.07, 6.45) is 1.94. The van der Waals surface area contributed by atoms with E-state index in [1.54, 1.807) is 0 Å². The number of benzene rings is 1. The molecule has 0 bridgehead atoms. The van der Waals surface area contributed by atoms with Gasteiger partial charge in [0.25, 0.3) is 0 Å². The van der Waals surface area contributed by atoms with Crippen molar-refractivity contribution in [3.63, 3.8) is 0 Å². The first kappa shape index (κ1) is 14.8. The molecule has 2 aromatic rings. The van der Waals surface area contributed by atoms with Crippen LogP contribution in [0.5, 0.6) is 0 Å². The maximum absolute atomic E-state index is 13.4. The summed E-state index contributed by atoms with van der Waals surface area (Å²) in [5.41, 5.74) is 1.76. The normalized spacial score (nSPS) is 19.7. The fraction of sp³-hybridized carbons (Fsp3) is 0.562. The van der Waals surface area contributed by atoms with Crippen LogP contribution in [0.25, 0.3) is 11.0 Å². The molecule has 3 rings (SSSR count). The number of rotatable bonds is 5. The number of aromatic nitrogens is 2. The number of hydrogen-bond acceptors (Lipinski definition) is 2. The molecule has 1 aromatic carbocycles. The van der Waals surface area contributed by atoms with E-state index in [-0.39, 0.29) is 5.82 Å². The van der Waals surface area contributed by atoms with Crippen molar-refractivity contribution >= 4 is 22.6 Å². The van der Waals surface area contributed by atoms with Gasteiger partial charge in [-0.1, -0.05) is 6.92 Å². The highest BCUT2D eigenvalue weighted by atomic mass is 35.5. The molecule has 0 amide bonds. The summed E-state index contributed by atoms with van der Waals surface area (Å²) in [6.45, 7) is 6.58. The Kier molecular flexibility index (Phi) is 4.45. The highest BCUT2D eigenvalue weighted by Crippen LogP contribution is 2.23. The number of imidazole rings is 1. The first-order chi connectivity index (χ1) is 10.2. The molecule has 0 saturated carbocycles. The minimum atomic E-state index is -0.234. The van der Waals surface area contributed by atoms with Crippen molar-refractivity contribution in [1.29, 1.82) is 0 Å². The third kappa shape index (κ3) is 3.06. The molecule has 1 unspecified atom stereocenters. The molecule has 0 N–H and O–H groups in total. The molecule has 1 aromatic heterocycles. The van der Waals surface area contributed by atoms with Gasteiger partial charge in [0.15, 0.2) is 0 Å². The zero-order valence-electron chi connectivity index (χ0n) is 12.4. The van der Waals surface area contributed by atoms with Gasteiger partial charge in [0.2, 0.25) is 0 Å². The quantitative estimate of drug-likeness (QED) is 0.790. The van der Waals surface area contributed by atoms with Crippen LogP contribution in [0.3, 0.4) is 0 Å². The number of likely N-dealkylation sites (tertiary alicyclic amines) is 1. The molecule has 1 fully saturated rings. The molecule has 0 aliphatic carbocycles. The molecular formula is C16H21ClFN3. The molecule has 1 atom stereocenters. The first-order valence-corrected chi connectivity index (χ1v) is 8.17. The van der Waals surface area contributed by atoms with E-state index in [0.717, 1.165) is 42.9 Å². The molecule has 0 spiro atoms. The molecule has 1 aliphatic rings. The summed E-state index contributed by atoms with van der Waals surface area (Å²) in [4.78, 5) is 7.05. The van der Waals surface area contributed by atoms with Crippen LogP contribution in [0.1, 0.15) is 19.2 Å². The number of halogens is 2. The Morgan fingerprint density at radius 1 is 1.43 bits per heavy atom. The van der Waals surface area contributed by atoms with Crippen LogP contribution in [0.15, 0.2) is 18.2 Å². The van der Waals surface area contributed by atoms with E-state index in [4.69, 9.17) is 11.6 Å². The predicted molar refractivity (Wildman–Crippen MR) is 84.3 cm³/mol. The summed E-state index contributed by atoms with van der Waals surface area (Å²) in [6, 6.07) is 4.86. The summed E-state index contributed by atoms with van der Waals surface area (Å²) in [5.74, 6) is 1.92. The summed E-state index contributed by atoms with van der Waals surface area (Å²) >= 11 is 5.89. The van der Waals surface area contributed by atoms with Gasteiger partial charge in [-0.2, -0.15) is 0 Å². The molecule has 114 valence electrons. The smallest absolute Gasteiger partial charge is 0.125 e. The van der Waals surface area contributed by atoms with Gasteiger partial charge in [-0.3, -0.25) is 0 Å². The van der Waals surface area contributed by atoms with Gasteiger partial charge in [-0.15, -0.1) is 11.6 Å². The number of aryl methyl sites for hydroxylation is 1. The molecule has 3 nitrogen and oxygen atoms in total. The third-order valence-corrected chi connectivity index (χ3v) is 4.55. The Bertz CT molecular complexity index is 625. The summed E-state index contributed by atoms with van der Waals surface area (Å²) < 4.78 is 15.6. The lowest BCUT2D eigenvalue weighted by Crippen LogP contribution is -2.21. The molecule has 1 aliphatic heterocycles. The van der Waals surface area contributed by atoms with E-state index >= 15 is 0 Å². The molecule has 2 heterocycles. The standard InChI is InChI=1S/C16H21ClFN3/c1-2-20-8-6-12(10-20)11-21-15-4-3-13(18)9-14(15)19-16(21)5-7-17/h3-4,9,12H,2,5-8,10-11H2,1H3. The number of alkyl halides is 1. The summed E-state index contributed by atoms with van der Waals surface area (Å²) in [5, 5.41) is 0. The fourth-order valence-electron chi connectivity index (χ4n) is 3.24. The minimum absolute atomic E-state index is 0.234. The van der Waals surface area contributed by atoms with Crippen molar-refractivity contribution in [3.05, 3.63) is 29.8 Å². The van der Waals surface area contributed by atoms with Crippen LogP contribution in [-0.4, -0.2) is 40.0 Å². The van der Waals surface area contributed by atoms with Crippen LogP contribution >= 0.6 is 11.6 Å². The SMILES string of the molecule is CCN1CCC(Cn2c(CCCl)nc3cc(F)ccc32)C1. The van der Waals surface area contributed by atoms with E-state index in [2.05, 4.69) is 21.4 Å². The second kappa shape index (κ2) is 6.32. The highest BCUT2D eigenvalue weighted by Gasteiger charge is 2.23. The average molecular weight is 310 g/mol. The van der Waals surface area contributed by atoms with Gasteiger partial charge in [0.05, 0.1) is 11.0 Å². The lowest BCUT2D eigenvalue weighted by Gasteiger charge is -2.15. The Labute approximate surface area is 129 Å². The zero-order valence-corrected chi connectivity index (χ0v) is 13.1. The van der Waals surface area contributed by atoms with Crippen molar-refractivity contribution in [2.24, 2.45) is 5.92 Å². The fourth-order valence-corrected chi connectivity index (χ4v) is 3.41. The lowest BCUT2D eigenvalue weighted by molar-refractivity contribution is 0.332. The lowest BCUT2D eigenvalue weighted by atomic mass is 10.1. The second-order valence-corrected chi connectivity index (χ2v) is 6.14. The van der Waals surface area contributed by atoms with Gasteiger partial charge in [0.1, 0.15) is 11.6 Å². The zero-order chi connectivity index (χ0) is 14.8. The maximum atomic E-state index is 13.4. The Balaban J connectivity index is 1.90. The van der Waals surface area contributed by atoms with Crippen molar-refractivity contribution in [3.8, 4) is 0 Å². The largest absolute Gasteiger partial charge is 0.328 e. The Morgan fingerprint density at radius 2 is 2.29 bits per heavy atom. The Morgan fingerprint density at radius 3 is 3.00 bits per heavy atom. The van der Waals surface area contributed by atoms with Crippen molar-refractivity contribution in [1.82, 2.24) is 14.5 Å². The van der Waals surface area contributed by atoms with E-state index in [1.807, 2.05) is 6.07 Å². The van der Waals surface area contributed by atoms with Crippen molar-refractivity contribution < 1.29 is 4.39 Å². The Hall–Kier alpha value is -1.13. The van der Waals surface area contributed by atoms with E-state index in [0.29, 0.717) is 11.8 Å². The number of hydrogen-bond donors (Lipinski definition) is 0. The number of fused-ring (bicyclic) bond motifs is 1. The van der Waals surface area contributed by atoms with Crippen LogP contribution in [0.4, 0.5) is 4.39 Å². The van der Waals surface area contributed by atoms with Gasteiger partial charge < -0.3 is 9.47 Å². The van der Waals surface area contributed by atoms with Crippen LogP contribution in [0, 0.1) is 11.7 Å². The van der Waals surface area contributed by atoms with Gasteiger partial charge in [0, 0.05) is 31.5 Å². The van der Waals surface area contributed by atoms with E-state index in [9.17, 15) is 4.39 Å². The number of nitrogens with zero attached hydrogens (tertiary/aromatic N) is 3. The first-order valence-electron chi connectivity index (χ1n) is 7.64. The van der Waals surface area contributed by atoms with Crippen LogP contribution in [0.2, 0.25) is 0 Å². The second-order valence-electron chi connectivity index (χ2n) is 5.76. The maximum Gasteiger partial charge on any atom is 0.125 e. The van der Waals surface area contributed by atoms with E-state index < -0.39 is 0 Å². The molecule has 5 heteroatoms. The van der Waals surface area contributed by atoms with Gasteiger partial charge in [-0.25, -0.2) is 9.37 Å². The van der Waals surface area contributed by atoms with Crippen LogP contribution in [-0.2, 0) is 13.0 Å². The average Bonchev–Trinajstić information content (AvgIpc) is 3.05. The van der Waals surface area contributed by atoms with E-state index in [1.165, 1.54) is 25.1 Å². The molecule has 1 saturated heterocycles. The van der Waals surface area contributed by atoms with Crippen molar-refractivity contribution in [2.45, 2.75) is 26.3 Å². The monoisotopic (exact) mass is 309 g/mol. The van der Waals surface area contributed by atoms with Gasteiger partial charge in [-0.05, 0) is 37.6 Å². The minimum Gasteiger partial charge on any atom is -0.328 e. The predicted octanol–water partition coefficient (Wildman–Crippen LogP) is 3.30. The molecule has 21 heavy (non-hydrogen) atoms. The van der Waals surface area contributed by atoms with Crippen LogP contribution < -0.4 is 0 Å². The summed E-state index contributed by atoms with van der Waals surface area (Å²) in [7, 11) is 0. The third-order valence-electron chi connectivity index (χ3n) is 4.37. The van der Waals surface area contributed by atoms with Crippen molar-refractivity contribution in [2.75, 3.05) is 25.5 Å².